The van der Waals surface area contributed by atoms with E-state index in [1.807, 2.05) is 0 Å². The average Bonchev–Trinajstić information content (AvgIpc) is 3.08. The summed E-state index contributed by atoms with van der Waals surface area (Å²) in [4.78, 5) is 26.6. The van der Waals surface area contributed by atoms with Gasteiger partial charge in [-0.1, -0.05) is 11.6 Å². The predicted molar refractivity (Wildman–Crippen MR) is 122 cm³/mol. The van der Waals surface area contributed by atoms with Crippen LogP contribution in [-0.2, 0) is 14.8 Å². The van der Waals surface area contributed by atoms with Crippen molar-refractivity contribution in [2.75, 3.05) is 39.4 Å². The summed E-state index contributed by atoms with van der Waals surface area (Å²) in [6.45, 7) is 1.93. The largest absolute Gasteiger partial charge is 0.490 e. The van der Waals surface area contributed by atoms with Crippen LogP contribution in [0.5, 0.6) is 11.5 Å². The van der Waals surface area contributed by atoms with Crippen molar-refractivity contribution in [3.8, 4) is 11.5 Å². The summed E-state index contributed by atoms with van der Waals surface area (Å²) >= 11 is 5.84. The molecule has 10 heteroatoms. The number of ketones is 1. The van der Waals surface area contributed by atoms with Crippen molar-refractivity contribution >= 4 is 33.3 Å². The van der Waals surface area contributed by atoms with Crippen molar-refractivity contribution in [3.05, 3.63) is 53.1 Å². The van der Waals surface area contributed by atoms with Crippen molar-refractivity contribution < 1.29 is 27.5 Å². The van der Waals surface area contributed by atoms with Crippen LogP contribution in [0.4, 0.5) is 0 Å². The zero-order valence-corrected chi connectivity index (χ0v) is 19.6. The minimum absolute atomic E-state index is 0.0797. The number of fused-ring (bicyclic) bond motifs is 1. The van der Waals surface area contributed by atoms with Crippen LogP contribution in [0, 0.1) is 0 Å². The van der Waals surface area contributed by atoms with E-state index in [2.05, 4.69) is 0 Å². The second-order valence-corrected chi connectivity index (χ2v) is 10.2. The second-order valence-electron chi connectivity index (χ2n) is 7.87. The van der Waals surface area contributed by atoms with Gasteiger partial charge in [0.2, 0.25) is 15.9 Å². The molecule has 0 aliphatic carbocycles. The molecule has 1 saturated heterocycles. The summed E-state index contributed by atoms with van der Waals surface area (Å²) in [6, 6.07) is 11.2. The SMILES string of the molecule is O=C(CCC(=O)N1CCN(S(=O)(=O)c2ccc3c(c2)OCCCO3)CC1)c1ccc(Cl)cc1. The minimum atomic E-state index is -3.73. The molecule has 2 heterocycles. The molecule has 2 aromatic rings. The number of carbonyl (C=O) groups is 2. The number of carbonyl (C=O) groups excluding carboxylic acids is 2. The second kappa shape index (κ2) is 10.1. The molecule has 2 aromatic carbocycles. The molecule has 0 aromatic heterocycles. The number of rotatable bonds is 6. The van der Waals surface area contributed by atoms with E-state index in [0.717, 1.165) is 6.42 Å². The molecule has 1 amide bonds. The highest BCUT2D eigenvalue weighted by atomic mass is 35.5. The number of benzene rings is 2. The molecule has 0 unspecified atom stereocenters. The molecule has 8 nitrogen and oxygen atoms in total. The number of piperazine rings is 1. The Balaban J connectivity index is 1.32. The first-order valence-corrected chi connectivity index (χ1v) is 12.6. The first-order valence-electron chi connectivity index (χ1n) is 10.8. The fourth-order valence-corrected chi connectivity index (χ4v) is 5.35. The first kappa shape index (κ1) is 23.5. The van der Waals surface area contributed by atoms with Gasteiger partial charge in [-0.3, -0.25) is 9.59 Å². The summed E-state index contributed by atoms with van der Waals surface area (Å²) in [5, 5.41) is 0.544. The van der Waals surface area contributed by atoms with Crippen LogP contribution in [-0.4, -0.2) is 68.7 Å². The van der Waals surface area contributed by atoms with Crippen molar-refractivity contribution in [2.45, 2.75) is 24.2 Å². The molecule has 0 N–H and O–H groups in total. The maximum absolute atomic E-state index is 13.1. The molecule has 0 bridgehead atoms. The molecule has 33 heavy (non-hydrogen) atoms. The highest BCUT2D eigenvalue weighted by Crippen LogP contribution is 2.33. The van der Waals surface area contributed by atoms with Crippen LogP contribution < -0.4 is 9.47 Å². The lowest BCUT2D eigenvalue weighted by Crippen LogP contribution is -2.50. The number of ether oxygens (including phenoxy) is 2. The molecule has 2 aliphatic heterocycles. The third-order valence-corrected chi connectivity index (χ3v) is 7.83. The van der Waals surface area contributed by atoms with Crippen molar-refractivity contribution in [1.82, 2.24) is 9.21 Å². The highest BCUT2D eigenvalue weighted by molar-refractivity contribution is 7.89. The third-order valence-electron chi connectivity index (χ3n) is 5.68. The van der Waals surface area contributed by atoms with Gasteiger partial charge in [-0.25, -0.2) is 8.42 Å². The predicted octanol–water partition coefficient (Wildman–Crippen LogP) is 3.00. The fourth-order valence-electron chi connectivity index (χ4n) is 3.79. The average molecular weight is 493 g/mol. The Hall–Kier alpha value is -2.62. The number of halogens is 1. The van der Waals surface area contributed by atoms with Crippen molar-refractivity contribution in [2.24, 2.45) is 0 Å². The number of hydrogen-bond acceptors (Lipinski definition) is 6. The Labute approximate surface area is 198 Å². The highest BCUT2D eigenvalue weighted by Gasteiger charge is 2.31. The van der Waals surface area contributed by atoms with Gasteiger partial charge < -0.3 is 14.4 Å². The van der Waals surface area contributed by atoms with Gasteiger partial charge in [0.15, 0.2) is 17.3 Å². The number of hydrogen-bond donors (Lipinski definition) is 0. The molecule has 0 saturated carbocycles. The van der Waals surface area contributed by atoms with Crippen LogP contribution >= 0.6 is 11.6 Å². The Morgan fingerprint density at radius 2 is 1.55 bits per heavy atom. The molecule has 2 aliphatic rings. The van der Waals surface area contributed by atoms with E-state index >= 15 is 0 Å². The van der Waals surface area contributed by atoms with Crippen LogP contribution in [0.2, 0.25) is 5.02 Å². The molecular weight excluding hydrogens is 468 g/mol. The molecule has 0 atom stereocenters. The summed E-state index contributed by atoms with van der Waals surface area (Å²) < 4.78 is 38.8. The van der Waals surface area contributed by atoms with E-state index in [-0.39, 0.29) is 55.6 Å². The van der Waals surface area contributed by atoms with E-state index in [1.165, 1.54) is 16.4 Å². The molecular formula is C23H25ClN2O6S. The van der Waals surface area contributed by atoms with Crippen LogP contribution in [0.25, 0.3) is 0 Å². The van der Waals surface area contributed by atoms with Crippen molar-refractivity contribution in [3.63, 3.8) is 0 Å². The summed E-state index contributed by atoms with van der Waals surface area (Å²) in [6.07, 6.45) is 0.907. The Morgan fingerprint density at radius 1 is 0.879 bits per heavy atom. The Bertz CT molecular complexity index is 1130. The minimum Gasteiger partial charge on any atom is -0.490 e. The zero-order chi connectivity index (χ0) is 23.4. The van der Waals surface area contributed by atoms with E-state index in [4.69, 9.17) is 21.1 Å². The monoisotopic (exact) mass is 492 g/mol. The third kappa shape index (κ3) is 5.48. The van der Waals surface area contributed by atoms with Gasteiger partial charge in [-0.15, -0.1) is 0 Å². The van der Waals surface area contributed by atoms with Crippen LogP contribution in [0.15, 0.2) is 47.4 Å². The van der Waals surface area contributed by atoms with E-state index < -0.39 is 10.0 Å². The normalized spacial score (nSPS) is 16.8. The van der Waals surface area contributed by atoms with Crippen molar-refractivity contribution in [1.29, 1.82) is 0 Å². The van der Waals surface area contributed by atoms with Crippen LogP contribution in [0.1, 0.15) is 29.6 Å². The maximum atomic E-state index is 13.1. The van der Waals surface area contributed by atoms with E-state index in [1.54, 1.807) is 35.2 Å². The van der Waals surface area contributed by atoms with Crippen LogP contribution in [0.3, 0.4) is 0 Å². The topological polar surface area (TPSA) is 93.2 Å². The Morgan fingerprint density at radius 3 is 2.24 bits per heavy atom. The quantitative estimate of drug-likeness (QED) is 0.575. The number of sulfonamides is 1. The first-order chi connectivity index (χ1) is 15.8. The van der Waals surface area contributed by atoms with E-state index in [9.17, 15) is 18.0 Å². The van der Waals surface area contributed by atoms with Gasteiger partial charge in [0.25, 0.3) is 0 Å². The summed E-state index contributed by atoms with van der Waals surface area (Å²) in [5.41, 5.74) is 0.512. The standard InChI is InChI=1S/C23H25ClN2O6S/c24-18-4-2-17(3-5-18)20(27)7-9-23(28)25-10-12-26(13-11-25)33(29,30)19-6-8-21-22(16-19)32-15-1-14-31-21/h2-6,8,16H,1,7,9-15H2. The molecule has 0 radical (unpaired) electrons. The Kier molecular flexibility index (Phi) is 7.21. The van der Waals surface area contributed by atoms with E-state index in [0.29, 0.717) is 35.3 Å². The number of nitrogens with zero attached hydrogens (tertiary/aromatic N) is 2. The molecule has 4 rings (SSSR count). The van der Waals surface area contributed by atoms with Gasteiger partial charge in [-0.05, 0) is 36.4 Å². The molecule has 0 spiro atoms. The zero-order valence-electron chi connectivity index (χ0n) is 18.0. The fraction of sp³-hybridized carbons (Fsp3) is 0.391. The molecule has 176 valence electrons. The van der Waals surface area contributed by atoms with Gasteiger partial charge in [0.1, 0.15) is 0 Å². The summed E-state index contributed by atoms with van der Waals surface area (Å²) in [7, 11) is -3.73. The smallest absolute Gasteiger partial charge is 0.243 e. The maximum Gasteiger partial charge on any atom is 0.243 e. The lowest BCUT2D eigenvalue weighted by Gasteiger charge is -2.34. The van der Waals surface area contributed by atoms with Gasteiger partial charge >= 0.3 is 0 Å². The number of amides is 1. The number of Topliss-reactive ketones (excluding diaryl/α,β-unsaturated/α-hetero) is 1. The van der Waals surface area contributed by atoms with Gasteiger partial charge in [0.05, 0.1) is 18.1 Å². The molecule has 1 fully saturated rings. The lowest BCUT2D eigenvalue weighted by molar-refractivity contribution is -0.132. The van der Waals surface area contributed by atoms with Gasteiger partial charge in [0, 0.05) is 62.1 Å². The summed E-state index contributed by atoms with van der Waals surface area (Å²) in [5.74, 6) is 0.670. The van der Waals surface area contributed by atoms with Gasteiger partial charge in [-0.2, -0.15) is 4.31 Å². The lowest BCUT2D eigenvalue weighted by atomic mass is 10.1.